The highest BCUT2D eigenvalue weighted by molar-refractivity contribution is 5.93. The van der Waals surface area contributed by atoms with Gasteiger partial charge in [-0.25, -0.2) is 4.79 Å². The van der Waals surface area contributed by atoms with Gasteiger partial charge in [0.1, 0.15) is 18.7 Å². The minimum absolute atomic E-state index is 0.103. The van der Waals surface area contributed by atoms with Crippen LogP contribution in [0, 0.1) is 0 Å². The smallest absolute Gasteiger partial charge is 0.408 e. The first kappa shape index (κ1) is 24.2. The molecule has 1 aliphatic heterocycles. The molecular formula is C25H27N3O7. The Balaban J connectivity index is 1.39. The van der Waals surface area contributed by atoms with Crippen LogP contribution in [0.1, 0.15) is 29.9 Å². The Labute approximate surface area is 202 Å². The molecule has 0 spiro atoms. The second-order valence-corrected chi connectivity index (χ2v) is 8.50. The average molecular weight is 482 g/mol. The van der Waals surface area contributed by atoms with Crippen LogP contribution in [-0.2, 0) is 23.9 Å². The van der Waals surface area contributed by atoms with Crippen molar-refractivity contribution in [2.24, 2.45) is 0 Å². The number of alkyl carbamates (subject to hydrolysis) is 1. The number of nitrogens with one attached hydrogen (secondary N) is 3. The highest BCUT2D eigenvalue weighted by atomic mass is 16.5. The zero-order valence-corrected chi connectivity index (χ0v) is 19.0. The van der Waals surface area contributed by atoms with Gasteiger partial charge in [0.15, 0.2) is 0 Å². The lowest BCUT2D eigenvalue weighted by molar-refractivity contribution is -0.138. The molecule has 1 fully saturated rings. The number of ether oxygens (including phenoxy) is 2. The van der Waals surface area contributed by atoms with Crippen molar-refractivity contribution in [1.82, 2.24) is 16.0 Å². The number of aliphatic carboxylic acids is 1. The minimum atomic E-state index is -1.30. The maximum Gasteiger partial charge on any atom is 0.408 e. The number of carboxylic acid groups (broad SMARTS) is 1. The first-order chi connectivity index (χ1) is 16.9. The molecule has 0 unspecified atom stereocenters. The molecule has 10 heteroatoms. The van der Waals surface area contributed by atoms with Crippen LogP contribution in [0.4, 0.5) is 4.79 Å². The second-order valence-electron chi connectivity index (χ2n) is 8.50. The van der Waals surface area contributed by atoms with Gasteiger partial charge in [-0.05, 0) is 22.3 Å². The minimum Gasteiger partial charge on any atom is -0.480 e. The maximum atomic E-state index is 13.0. The number of rotatable bonds is 8. The van der Waals surface area contributed by atoms with Crippen molar-refractivity contribution in [3.63, 3.8) is 0 Å². The lowest BCUT2D eigenvalue weighted by atomic mass is 9.89. The summed E-state index contributed by atoms with van der Waals surface area (Å²) in [7, 11) is 0. The third-order valence-corrected chi connectivity index (χ3v) is 6.31. The monoisotopic (exact) mass is 481 g/mol. The highest BCUT2D eigenvalue weighted by Crippen LogP contribution is 2.44. The molecule has 184 valence electrons. The molecule has 10 nitrogen and oxygen atoms in total. The van der Waals surface area contributed by atoms with Crippen LogP contribution in [0.25, 0.3) is 11.1 Å². The van der Waals surface area contributed by atoms with Gasteiger partial charge in [0, 0.05) is 32.0 Å². The molecule has 0 atom stereocenters. The summed E-state index contributed by atoms with van der Waals surface area (Å²) < 4.78 is 10.9. The third kappa shape index (κ3) is 5.43. The van der Waals surface area contributed by atoms with Crippen LogP contribution in [-0.4, -0.2) is 67.4 Å². The SMILES string of the molecule is O=C(O)CNC(=O)CNC(=O)C1(NC(=O)OCC2c3ccccc3-c3ccccc32)CCOCC1. The molecule has 4 rings (SSSR count). The van der Waals surface area contributed by atoms with Crippen LogP contribution in [0.2, 0.25) is 0 Å². The van der Waals surface area contributed by atoms with Gasteiger partial charge < -0.3 is 30.5 Å². The molecule has 3 amide bonds. The number of carboxylic acids is 1. The van der Waals surface area contributed by atoms with Crippen LogP contribution < -0.4 is 16.0 Å². The topological polar surface area (TPSA) is 143 Å². The number of amides is 3. The van der Waals surface area contributed by atoms with Crippen molar-refractivity contribution in [2.45, 2.75) is 24.3 Å². The van der Waals surface area contributed by atoms with Crippen LogP contribution in [0.5, 0.6) is 0 Å². The van der Waals surface area contributed by atoms with Crippen LogP contribution in [0.3, 0.4) is 0 Å². The van der Waals surface area contributed by atoms with Gasteiger partial charge in [0.2, 0.25) is 11.8 Å². The standard InChI is InChI=1S/C25H27N3O7/c29-21(26-14-22(30)31)13-27-23(32)25(9-11-34-12-10-25)28-24(33)35-15-20-18-7-3-1-5-16(18)17-6-2-4-8-19(17)20/h1-8,20H,9-15H2,(H,26,29)(H,27,32)(H,28,33)(H,30,31). The molecule has 0 aromatic heterocycles. The molecule has 2 aromatic rings. The maximum absolute atomic E-state index is 13.0. The Bertz CT molecular complexity index is 1080. The summed E-state index contributed by atoms with van der Waals surface area (Å²) >= 11 is 0. The number of carbonyl (C=O) groups is 4. The van der Waals surface area contributed by atoms with Gasteiger partial charge in [0.25, 0.3) is 0 Å². The number of benzene rings is 2. The first-order valence-corrected chi connectivity index (χ1v) is 11.4. The van der Waals surface area contributed by atoms with Gasteiger partial charge in [-0.15, -0.1) is 0 Å². The summed E-state index contributed by atoms with van der Waals surface area (Å²) in [6.45, 7) is -0.358. The lowest BCUT2D eigenvalue weighted by Crippen LogP contribution is -2.62. The van der Waals surface area contributed by atoms with Crippen molar-refractivity contribution in [3.05, 3.63) is 59.7 Å². The second kappa shape index (κ2) is 10.6. The van der Waals surface area contributed by atoms with Crippen molar-refractivity contribution in [1.29, 1.82) is 0 Å². The van der Waals surface area contributed by atoms with E-state index in [0.717, 1.165) is 22.3 Å². The Hall–Kier alpha value is -3.92. The Morgan fingerprint density at radius 2 is 1.51 bits per heavy atom. The van der Waals surface area contributed by atoms with Gasteiger partial charge in [-0.1, -0.05) is 48.5 Å². The van der Waals surface area contributed by atoms with Gasteiger partial charge >= 0.3 is 12.1 Å². The summed E-state index contributed by atoms with van der Waals surface area (Å²) in [5.41, 5.74) is 3.07. The summed E-state index contributed by atoms with van der Waals surface area (Å²) in [4.78, 5) is 48.1. The predicted molar refractivity (Wildman–Crippen MR) is 125 cm³/mol. The first-order valence-electron chi connectivity index (χ1n) is 11.4. The molecule has 2 aromatic carbocycles. The number of hydrogen-bond donors (Lipinski definition) is 4. The van der Waals surface area contributed by atoms with Gasteiger partial charge in [0.05, 0.1) is 6.54 Å². The van der Waals surface area contributed by atoms with Gasteiger partial charge in [-0.2, -0.15) is 0 Å². The fourth-order valence-corrected chi connectivity index (χ4v) is 4.53. The van der Waals surface area contributed by atoms with Gasteiger partial charge in [-0.3, -0.25) is 14.4 Å². The van der Waals surface area contributed by atoms with Crippen LogP contribution >= 0.6 is 0 Å². The summed E-state index contributed by atoms with van der Waals surface area (Å²) in [5, 5.41) is 16.0. The molecule has 1 aliphatic carbocycles. The van der Waals surface area contributed by atoms with E-state index in [1.807, 2.05) is 48.5 Å². The molecule has 0 bridgehead atoms. The molecule has 2 aliphatic rings. The largest absolute Gasteiger partial charge is 0.480 e. The normalized spacial score (nSPS) is 15.9. The quantitative estimate of drug-likeness (QED) is 0.446. The van der Waals surface area contributed by atoms with Crippen molar-refractivity contribution in [2.75, 3.05) is 32.9 Å². The summed E-state index contributed by atoms with van der Waals surface area (Å²) in [5.74, 6) is -2.52. The average Bonchev–Trinajstić information content (AvgIpc) is 3.19. The molecule has 35 heavy (non-hydrogen) atoms. The van der Waals surface area contributed by atoms with E-state index in [1.54, 1.807) is 0 Å². The third-order valence-electron chi connectivity index (χ3n) is 6.31. The van der Waals surface area contributed by atoms with E-state index >= 15 is 0 Å². The summed E-state index contributed by atoms with van der Waals surface area (Å²) in [6.07, 6.45) is -0.321. The number of hydrogen-bond acceptors (Lipinski definition) is 6. The Morgan fingerprint density at radius 3 is 2.11 bits per heavy atom. The van der Waals surface area contributed by atoms with Crippen molar-refractivity contribution in [3.8, 4) is 11.1 Å². The van der Waals surface area contributed by atoms with Crippen molar-refractivity contribution < 1.29 is 33.8 Å². The van der Waals surface area contributed by atoms with E-state index in [2.05, 4.69) is 16.0 Å². The molecule has 1 saturated heterocycles. The molecule has 4 N–H and O–H groups in total. The number of carbonyl (C=O) groups excluding carboxylic acids is 3. The molecule has 1 heterocycles. The fourth-order valence-electron chi connectivity index (χ4n) is 4.53. The molecular weight excluding hydrogens is 454 g/mol. The van der Waals surface area contributed by atoms with E-state index in [4.69, 9.17) is 14.6 Å². The molecule has 0 saturated carbocycles. The van der Waals surface area contributed by atoms with E-state index in [1.165, 1.54) is 0 Å². The molecule has 0 radical (unpaired) electrons. The summed E-state index contributed by atoms with van der Waals surface area (Å²) in [6, 6.07) is 16.0. The Morgan fingerprint density at radius 1 is 0.914 bits per heavy atom. The van der Waals surface area contributed by atoms with E-state index in [-0.39, 0.29) is 38.6 Å². The Kier molecular flexibility index (Phi) is 7.31. The predicted octanol–water partition coefficient (Wildman–Crippen LogP) is 1.39. The fraction of sp³-hybridized carbons (Fsp3) is 0.360. The van der Waals surface area contributed by atoms with E-state index < -0.39 is 42.5 Å². The number of fused-ring (bicyclic) bond motifs is 3. The zero-order chi connectivity index (χ0) is 24.8. The lowest BCUT2D eigenvalue weighted by Gasteiger charge is -2.36. The van der Waals surface area contributed by atoms with E-state index in [0.29, 0.717) is 0 Å². The highest BCUT2D eigenvalue weighted by Gasteiger charge is 2.42. The van der Waals surface area contributed by atoms with Crippen molar-refractivity contribution >= 4 is 23.9 Å². The zero-order valence-electron chi connectivity index (χ0n) is 19.0. The van der Waals surface area contributed by atoms with Crippen LogP contribution in [0.15, 0.2) is 48.5 Å². The van der Waals surface area contributed by atoms with E-state index in [9.17, 15) is 19.2 Å².